The molecule has 0 aromatic heterocycles. The number of benzene rings is 3. The number of rotatable bonds is 9. The summed E-state index contributed by atoms with van der Waals surface area (Å²) in [5, 5.41) is 3.31. The zero-order chi connectivity index (χ0) is 23.1. The van der Waals surface area contributed by atoms with Crippen LogP contribution in [-0.2, 0) is 6.42 Å². The van der Waals surface area contributed by atoms with Crippen molar-refractivity contribution in [1.82, 2.24) is 0 Å². The number of hydrogen-bond donors (Lipinski definition) is 2. The van der Waals surface area contributed by atoms with Gasteiger partial charge < -0.3 is 30.0 Å². The zero-order valence-corrected chi connectivity index (χ0v) is 18.9. The summed E-state index contributed by atoms with van der Waals surface area (Å²) in [4.78, 5) is 13.1. The van der Waals surface area contributed by atoms with E-state index < -0.39 is 5.91 Å². The van der Waals surface area contributed by atoms with Gasteiger partial charge in [-0.2, -0.15) is 0 Å². The number of nitrogens with one attached hydrogen (secondary N) is 1. The third-order valence-electron chi connectivity index (χ3n) is 4.68. The van der Waals surface area contributed by atoms with E-state index >= 15 is 0 Å². The van der Waals surface area contributed by atoms with Gasteiger partial charge in [-0.3, -0.25) is 4.79 Å². The third-order valence-corrected chi connectivity index (χ3v) is 4.92. The van der Waals surface area contributed by atoms with Crippen LogP contribution in [0.2, 0.25) is 5.02 Å². The molecule has 0 aliphatic rings. The SMILES string of the molecule is COc1c(Oc2ccc(CCN)cc2)cc(C(=O)Nc2cccc(Cl)c2)c(OC)c1OC. The maximum absolute atomic E-state index is 13.1. The first-order valence-electron chi connectivity index (χ1n) is 9.87. The Morgan fingerprint density at radius 1 is 0.938 bits per heavy atom. The monoisotopic (exact) mass is 456 g/mol. The minimum absolute atomic E-state index is 0.208. The van der Waals surface area contributed by atoms with Crippen LogP contribution in [-0.4, -0.2) is 33.8 Å². The fourth-order valence-corrected chi connectivity index (χ4v) is 3.40. The lowest BCUT2D eigenvalue weighted by Crippen LogP contribution is -2.14. The molecule has 3 rings (SSSR count). The van der Waals surface area contributed by atoms with Crippen molar-refractivity contribution in [3.8, 4) is 28.7 Å². The number of halogens is 1. The van der Waals surface area contributed by atoms with Crippen LogP contribution in [0, 0.1) is 0 Å². The maximum Gasteiger partial charge on any atom is 0.259 e. The molecule has 0 saturated carbocycles. The minimum atomic E-state index is -0.423. The van der Waals surface area contributed by atoms with Crippen LogP contribution in [0.3, 0.4) is 0 Å². The molecule has 32 heavy (non-hydrogen) atoms. The molecule has 0 atom stereocenters. The molecule has 1 amide bonds. The van der Waals surface area contributed by atoms with E-state index in [4.69, 9.17) is 36.3 Å². The van der Waals surface area contributed by atoms with Crippen molar-refractivity contribution in [2.45, 2.75) is 6.42 Å². The summed E-state index contributed by atoms with van der Waals surface area (Å²) in [6.07, 6.45) is 0.772. The van der Waals surface area contributed by atoms with Crippen molar-refractivity contribution in [1.29, 1.82) is 0 Å². The number of carbonyl (C=O) groups is 1. The molecule has 3 N–H and O–H groups in total. The van der Waals surface area contributed by atoms with Gasteiger partial charge in [0.1, 0.15) is 5.75 Å². The van der Waals surface area contributed by atoms with E-state index in [9.17, 15) is 4.79 Å². The maximum atomic E-state index is 13.1. The molecule has 168 valence electrons. The summed E-state index contributed by atoms with van der Waals surface area (Å²) in [5.41, 5.74) is 7.45. The second kappa shape index (κ2) is 10.7. The summed E-state index contributed by atoms with van der Waals surface area (Å²) in [6.45, 7) is 0.564. The molecule has 0 fully saturated rings. The molecule has 3 aromatic carbocycles. The molecule has 0 spiro atoms. The molecule has 0 unspecified atom stereocenters. The van der Waals surface area contributed by atoms with Crippen LogP contribution in [0.15, 0.2) is 54.6 Å². The molecule has 0 radical (unpaired) electrons. The van der Waals surface area contributed by atoms with Gasteiger partial charge in [0.25, 0.3) is 5.91 Å². The average molecular weight is 457 g/mol. The first-order chi connectivity index (χ1) is 15.5. The van der Waals surface area contributed by atoms with E-state index in [1.165, 1.54) is 21.3 Å². The molecule has 7 nitrogen and oxygen atoms in total. The first kappa shape index (κ1) is 23.2. The number of hydrogen-bond acceptors (Lipinski definition) is 6. The highest BCUT2D eigenvalue weighted by atomic mass is 35.5. The Bertz CT molecular complexity index is 1090. The number of anilines is 1. The largest absolute Gasteiger partial charge is 0.492 e. The number of nitrogens with two attached hydrogens (primary N) is 1. The van der Waals surface area contributed by atoms with Crippen molar-refractivity contribution in [2.75, 3.05) is 33.2 Å². The lowest BCUT2D eigenvalue weighted by Gasteiger charge is -2.19. The van der Waals surface area contributed by atoms with E-state index in [2.05, 4.69) is 5.32 Å². The van der Waals surface area contributed by atoms with Crippen LogP contribution in [0.1, 0.15) is 15.9 Å². The Kier molecular flexibility index (Phi) is 7.81. The third kappa shape index (κ3) is 5.25. The smallest absolute Gasteiger partial charge is 0.259 e. The van der Waals surface area contributed by atoms with Crippen LogP contribution < -0.4 is 30.0 Å². The second-order valence-electron chi connectivity index (χ2n) is 6.77. The molecule has 8 heteroatoms. The van der Waals surface area contributed by atoms with Gasteiger partial charge in [0.2, 0.25) is 11.5 Å². The quantitative estimate of drug-likeness (QED) is 0.475. The van der Waals surface area contributed by atoms with Gasteiger partial charge in [0.05, 0.1) is 26.9 Å². The summed E-state index contributed by atoms with van der Waals surface area (Å²) in [6, 6.07) is 15.9. The standard InChI is InChI=1S/C24H25ClN2O5/c1-29-21-19(24(28)27-17-6-4-5-16(25)13-17)14-20(22(30-2)23(21)31-3)32-18-9-7-15(8-10-18)11-12-26/h4-10,13-14H,11-12,26H2,1-3H3,(H,27,28). The van der Waals surface area contributed by atoms with Crippen LogP contribution >= 0.6 is 11.6 Å². The van der Waals surface area contributed by atoms with Gasteiger partial charge in [-0.05, 0) is 48.9 Å². The fourth-order valence-electron chi connectivity index (χ4n) is 3.21. The Hall–Kier alpha value is -3.42. The molecule has 0 aliphatic carbocycles. The van der Waals surface area contributed by atoms with Gasteiger partial charge in [-0.15, -0.1) is 0 Å². The highest BCUT2D eigenvalue weighted by Gasteiger charge is 2.26. The summed E-state index contributed by atoms with van der Waals surface area (Å²) in [5.74, 6) is 1.20. The molecule has 0 saturated heterocycles. The summed E-state index contributed by atoms with van der Waals surface area (Å²) in [7, 11) is 4.40. The number of ether oxygens (including phenoxy) is 4. The highest BCUT2D eigenvalue weighted by Crippen LogP contribution is 2.48. The normalized spacial score (nSPS) is 10.4. The van der Waals surface area contributed by atoms with Crippen molar-refractivity contribution in [2.24, 2.45) is 5.73 Å². The Labute approximate surface area is 192 Å². The predicted octanol–water partition coefficient (Wildman–Crippen LogP) is 4.91. The summed E-state index contributed by atoms with van der Waals surface area (Å²) < 4.78 is 22.5. The minimum Gasteiger partial charge on any atom is -0.492 e. The summed E-state index contributed by atoms with van der Waals surface area (Å²) >= 11 is 6.03. The first-order valence-corrected chi connectivity index (χ1v) is 10.2. The van der Waals surface area contributed by atoms with Crippen LogP contribution in [0.4, 0.5) is 5.69 Å². The van der Waals surface area contributed by atoms with Gasteiger partial charge >= 0.3 is 0 Å². The predicted molar refractivity (Wildman–Crippen MR) is 125 cm³/mol. The van der Waals surface area contributed by atoms with Gasteiger partial charge in [0.15, 0.2) is 11.5 Å². The highest BCUT2D eigenvalue weighted by molar-refractivity contribution is 6.31. The molecule has 0 aliphatic heterocycles. The van der Waals surface area contributed by atoms with Gasteiger partial charge in [-0.25, -0.2) is 0 Å². The van der Waals surface area contributed by atoms with E-state index in [0.29, 0.717) is 34.5 Å². The van der Waals surface area contributed by atoms with Crippen molar-refractivity contribution in [3.63, 3.8) is 0 Å². The van der Waals surface area contributed by atoms with Crippen molar-refractivity contribution < 1.29 is 23.7 Å². The number of amides is 1. The van der Waals surface area contributed by atoms with E-state index in [-0.39, 0.29) is 17.1 Å². The van der Waals surface area contributed by atoms with Crippen LogP contribution in [0.5, 0.6) is 28.7 Å². The Morgan fingerprint density at radius 2 is 1.62 bits per heavy atom. The van der Waals surface area contributed by atoms with Gasteiger partial charge in [-0.1, -0.05) is 29.8 Å². The second-order valence-corrected chi connectivity index (χ2v) is 7.21. The van der Waals surface area contributed by atoms with E-state index in [0.717, 1.165) is 12.0 Å². The molecule has 0 heterocycles. The Balaban J connectivity index is 2.01. The topological polar surface area (TPSA) is 92.0 Å². The van der Waals surface area contributed by atoms with Crippen molar-refractivity contribution >= 4 is 23.2 Å². The fraction of sp³-hybridized carbons (Fsp3) is 0.208. The van der Waals surface area contributed by atoms with E-state index in [1.807, 2.05) is 24.3 Å². The Morgan fingerprint density at radius 3 is 2.22 bits per heavy atom. The lowest BCUT2D eigenvalue weighted by molar-refractivity contribution is 0.102. The van der Waals surface area contributed by atoms with Crippen molar-refractivity contribution in [3.05, 3.63) is 70.7 Å². The molecule has 0 bridgehead atoms. The zero-order valence-electron chi connectivity index (χ0n) is 18.1. The van der Waals surface area contributed by atoms with Crippen LogP contribution in [0.25, 0.3) is 0 Å². The average Bonchev–Trinajstić information content (AvgIpc) is 2.79. The lowest BCUT2D eigenvalue weighted by atomic mass is 10.1. The number of methoxy groups -OCH3 is 3. The molecular weight excluding hydrogens is 432 g/mol. The molecule has 3 aromatic rings. The molecular formula is C24H25ClN2O5. The van der Waals surface area contributed by atoms with Gasteiger partial charge in [0, 0.05) is 16.8 Å². The number of carbonyl (C=O) groups excluding carboxylic acids is 1. The van der Waals surface area contributed by atoms with E-state index in [1.54, 1.807) is 30.3 Å².